The Bertz CT molecular complexity index is 555. The Balaban J connectivity index is 2.05. The van der Waals surface area contributed by atoms with Gasteiger partial charge in [-0.15, -0.1) is 0 Å². The second-order valence-corrected chi connectivity index (χ2v) is 4.19. The second kappa shape index (κ2) is 5.48. The summed E-state index contributed by atoms with van der Waals surface area (Å²) in [6, 6.07) is 8.14. The minimum Gasteiger partial charge on any atom is -0.487 e. The summed E-state index contributed by atoms with van der Waals surface area (Å²) >= 11 is 5.61. The number of rotatable bonds is 3. The van der Waals surface area contributed by atoms with Gasteiger partial charge in [0, 0.05) is 0 Å². The van der Waals surface area contributed by atoms with E-state index >= 15 is 0 Å². The van der Waals surface area contributed by atoms with Crippen molar-refractivity contribution in [3.63, 3.8) is 0 Å². The molecule has 0 unspecified atom stereocenters. The van der Waals surface area contributed by atoms with E-state index in [0.717, 1.165) is 12.1 Å². The summed E-state index contributed by atoms with van der Waals surface area (Å²) < 4.78 is 42.9. The maximum absolute atomic E-state index is 12.5. The Hall–Kier alpha value is -1.75. The molecule has 0 N–H and O–H groups in total. The maximum Gasteiger partial charge on any atom is 0.416 e. The molecule has 19 heavy (non-hydrogen) atoms. The fourth-order valence-electron chi connectivity index (χ4n) is 1.45. The van der Waals surface area contributed by atoms with Crippen molar-refractivity contribution in [3.8, 4) is 5.75 Å². The fraction of sp³-hybridized carbons (Fsp3) is 0.154. The molecule has 0 spiro atoms. The lowest BCUT2D eigenvalue weighted by molar-refractivity contribution is -0.137. The summed E-state index contributed by atoms with van der Waals surface area (Å²) in [5.74, 6) is 0.446. The van der Waals surface area contributed by atoms with E-state index in [1.165, 1.54) is 12.3 Å². The van der Waals surface area contributed by atoms with Crippen molar-refractivity contribution in [2.75, 3.05) is 0 Å². The minimum atomic E-state index is -4.35. The number of aromatic nitrogens is 1. The van der Waals surface area contributed by atoms with Gasteiger partial charge < -0.3 is 4.74 Å². The molecule has 0 bridgehead atoms. The molecule has 1 heterocycles. The zero-order valence-electron chi connectivity index (χ0n) is 9.62. The zero-order chi connectivity index (χ0) is 13.9. The molecule has 0 atom stereocenters. The number of ether oxygens (including phenoxy) is 1. The number of hydrogen-bond donors (Lipinski definition) is 0. The third-order valence-electron chi connectivity index (χ3n) is 2.36. The molecule has 0 radical (unpaired) electrons. The van der Waals surface area contributed by atoms with Crippen molar-refractivity contribution in [1.29, 1.82) is 0 Å². The molecule has 0 aliphatic heterocycles. The highest BCUT2D eigenvalue weighted by atomic mass is 35.5. The molecule has 0 saturated carbocycles. The van der Waals surface area contributed by atoms with Crippen molar-refractivity contribution < 1.29 is 17.9 Å². The van der Waals surface area contributed by atoms with E-state index in [-0.39, 0.29) is 6.61 Å². The first-order valence-corrected chi connectivity index (χ1v) is 5.73. The van der Waals surface area contributed by atoms with E-state index < -0.39 is 11.7 Å². The summed E-state index contributed by atoms with van der Waals surface area (Å²) in [7, 11) is 0. The zero-order valence-corrected chi connectivity index (χ0v) is 10.4. The van der Waals surface area contributed by atoms with Crippen molar-refractivity contribution in [2.45, 2.75) is 12.8 Å². The van der Waals surface area contributed by atoms with Crippen LogP contribution in [-0.4, -0.2) is 4.98 Å². The summed E-state index contributed by atoms with van der Waals surface area (Å²) in [4.78, 5) is 3.81. The second-order valence-electron chi connectivity index (χ2n) is 3.80. The van der Waals surface area contributed by atoms with Gasteiger partial charge in [0.25, 0.3) is 0 Å². The molecular formula is C13H9ClF3NO. The third kappa shape index (κ3) is 3.86. The minimum absolute atomic E-state index is 0.0350. The van der Waals surface area contributed by atoms with Gasteiger partial charge in [-0.25, -0.2) is 4.98 Å². The first-order valence-electron chi connectivity index (χ1n) is 5.35. The topological polar surface area (TPSA) is 22.1 Å². The molecule has 0 amide bonds. The molecule has 2 aromatic rings. The van der Waals surface area contributed by atoms with E-state index in [0.29, 0.717) is 16.5 Å². The molecule has 2 rings (SSSR count). The Kier molecular flexibility index (Phi) is 3.95. The van der Waals surface area contributed by atoms with Crippen LogP contribution in [0.4, 0.5) is 13.2 Å². The van der Waals surface area contributed by atoms with Gasteiger partial charge in [0.15, 0.2) is 0 Å². The van der Waals surface area contributed by atoms with Gasteiger partial charge in [-0.2, -0.15) is 13.2 Å². The van der Waals surface area contributed by atoms with Crippen LogP contribution in [0.25, 0.3) is 0 Å². The Labute approximate surface area is 112 Å². The van der Waals surface area contributed by atoms with Crippen LogP contribution < -0.4 is 4.74 Å². The summed E-state index contributed by atoms with van der Waals surface area (Å²) in [5, 5.41) is 0.325. The number of alkyl halides is 3. The van der Waals surface area contributed by atoms with Gasteiger partial charge in [0.1, 0.15) is 17.5 Å². The van der Waals surface area contributed by atoms with Gasteiger partial charge in [-0.1, -0.05) is 23.7 Å². The lowest BCUT2D eigenvalue weighted by atomic mass is 10.1. The quantitative estimate of drug-likeness (QED) is 0.784. The van der Waals surface area contributed by atoms with Crippen LogP contribution in [-0.2, 0) is 12.8 Å². The van der Waals surface area contributed by atoms with Crippen LogP contribution in [0.3, 0.4) is 0 Å². The predicted octanol–water partition coefficient (Wildman–Crippen LogP) is 4.33. The Morgan fingerprint density at radius 1 is 1.16 bits per heavy atom. The number of pyridine rings is 1. The van der Waals surface area contributed by atoms with Gasteiger partial charge >= 0.3 is 6.18 Å². The standard InChI is InChI=1S/C13H9ClF3NO/c14-12-5-4-11(7-18-12)19-8-9-2-1-3-10(6-9)13(15,16)17/h1-7H,8H2. The highest BCUT2D eigenvalue weighted by Gasteiger charge is 2.30. The number of nitrogens with zero attached hydrogens (tertiary/aromatic N) is 1. The third-order valence-corrected chi connectivity index (χ3v) is 2.58. The Morgan fingerprint density at radius 3 is 2.58 bits per heavy atom. The monoisotopic (exact) mass is 287 g/mol. The molecule has 1 aromatic heterocycles. The highest BCUT2D eigenvalue weighted by Crippen LogP contribution is 2.29. The van der Waals surface area contributed by atoms with Crippen LogP contribution in [0.2, 0.25) is 5.15 Å². The van der Waals surface area contributed by atoms with E-state index in [9.17, 15) is 13.2 Å². The number of hydrogen-bond acceptors (Lipinski definition) is 2. The molecule has 2 nitrogen and oxygen atoms in total. The molecule has 0 fully saturated rings. The molecule has 1 aromatic carbocycles. The summed E-state index contributed by atoms with van der Waals surface area (Å²) in [6.07, 6.45) is -2.94. The number of halogens is 4. The molecule has 0 saturated heterocycles. The maximum atomic E-state index is 12.5. The molecule has 0 aliphatic carbocycles. The molecule has 6 heteroatoms. The summed E-state index contributed by atoms with van der Waals surface area (Å²) in [6.45, 7) is 0.0350. The van der Waals surface area contributed by atoms with Crippen LogP contribution >= 0.6 is 11.6 Å². The van der Waals surface area contributed by atoms with E-state index in [2.05, 4.69) is 4.98 Å². The van der Waals surface area contributed by atoms with Gasteiger partial charge in [0.05, 0.1) is 11.8 Å². The lowest BCUT2D eigenvalue weighted by Crippen LogP contribution is -2.06. The number of benzene rings is 1. The van der Waals surface area contributed by atoms with Crippen LogP contribution in [0.5, 0.6) is 5.75 Å². The van der Waals surface area contributed by atoms with Gasteiger partial charge in [-0.3, -0.25) is 0 Å². The fourth-order valence-corrected chi connectivity index (χ4v) is 1.56. The van der Waals surface area contributed by atoms with E-state index in [1.54, 1.807) is 18.2 Å². The predicted molar refractivity (Wildman–Crippen MR) is 65.0 cm³/mol. The molecule has 0 aliphatic rings. The first-order chi connectivity index (χ1) is 8.95. The van der Waals surface area contributed by atoms with Gasteiger partial charge in [0.2, 0.25) is 0 Å². The van der Waals surface area contributed by atoms with Crippen molar-refractivity contribution in [1.82, 2.24) is 4.98 Å². The lowest BCUT2D eigenvalue weighted by Gasteiger charge is -2.09. The summed E-state index contributed by atoms with van der Waals surface area (Å²) in [5.41, 5.74) is -0.257. The first kappa shape index (κ1) is 13.7. The normalized spacial score (nSPS) is 11.4. The average molecular weight is 288 g/mol. The molecular weight excluding hydrogens is 279 g/mol. The smallest absolute Gasteiger partial charge is 0.416 e. The Morgan fingerprint density at radius 2 is 1.95 bits per heavy atom. The van der Waals surface area contributed by atoms with Crippen LogP contribution in [0, 0.1) is 0 Å². The van der Waals surface area contributed by atoms with Crippen molar-refractivity contribution in [2.24, 2.45) is 0 Å². The average Bonchev–Trinajstić information content (AvgIpc) is 2.37. The SMILES string of the molecule is FC(F)(F)c1cccc(COc2ccc(Cl)nc2)c1. The molecule has 100 valence electrons. The van der Waals surface area contributed by atoms with Crippen molar-refractivity contribution in [3.05, 3.63) is 58.9 Å². The van der Waals surface area contributed by atoms with Gasteiger partial charge in [-0.05, 0) is 29.8 Å². The largest absolute Gasteiger partial charge is 0.487 e. The van der Waals surface area contributed by atoms with Crippen LogP contribution in [0.15, 0.2) is 42.6 Å². The van der Waals surface area contributed by atoms with Crippen molar-refractivity contribution >= 4 is 11.6 Å². The van der Waals surface area contributed by atoms with E-state index in [4.69, 9.17) is 16.3 Å². The highest BCUT2D eigenvalue weighted by molar-refractivity contribution is 6.29. The van der Waals surface area contributed by atoms with E-state index in [1.807, 2.05) is 0 Å². The van der Waals surface area contributed by atoms with Crippen LogP contribution in [0.1, 0.15) is 11.1 Å².